The van der Waals surface area contributed by atoms with E-state index in [1.165, 1.54) is 0 Å². The van der Waals surface area contributed by atoms with Crippen LogP contribution in [0, 0.1) is 5.92 Å². The van der Waals surface area contributed by atoms with Crippen LogP contribution >= 0.6 is 0 Å². The third-order valence-electron chi connectivity index (χ3n) is 3.17. The number of carbonyl (C=O) groups excluding carboxylic acids is 1. The van der Waals surface area contributed by atoms with Gasteiger partial charge in [-0.3, -0.25) is 4.79 Å². The van der Waals surface area contributed by atoms with Crippen LogP contribution in [-0.2, 0) is 11.3 Å². The Hall–Kier alpha value is -1.39. The summed E-state index contributed by atoms with van der Waals surface area (Å²) in [5, 5.41) is 2.93. The fraction of sp³-hybridized carbons (Fsp3) is 0.562. The first-order chi connectivity index (χ1) is 9.55. The molecule has 20 heavy (non-hydrogen) atoms. The molecule has 1 aromatic carbocycles. The van der Waals surface area contributed by atoms with Gasteiger partial charge in [-0.05, 0) is 30.2 Å². The van der Waals surface area contributed by atoms with E-state index in [0.29, 0.717) is 18.9 Å². The van der Waals surface area contributed by atoms with Crippen molar-refractivity contribution < 1.29 is 4.79 Å². The number of benzene rings is 1. The summed E-state index contributed by atoms with van der Waals surface area (Å²) in [4.78, 5) is 14.3. The third-order valence-corrected chi connectivity index (χ3v) is 3.17. The molecular formula is C16H27N3O. The normalized spacial score (nSPS) is 11.1. The topological polar surface area (TPSA) is 58.4 Å². The maximum Gasteiger partial charge on any atom is 0.225 e. The van der Waals surface area contributed by atoms with Crippen molar-refractivity contribution in [3.63, 3.8) is 0 Å². The molecule has 0 atom stereocenters. The predicted molar refractivity (Wildman–Crippen MR) is 84.5 cm³/mol. The Morgan fingerprint density at radius 1 is 1.40 bits per heavy atom. The molecule has 0 radical (unpaired) electrons. The fourth-order valence-electron chi connectivity index (χ4n) is 2.15. The van der Waals surface area contributed by atoms with Gasteiger partial charge < -0.3 is 16.0 Å². The van der Waals surface area contributed by atoms with Crippen molar-refractivity contribution in [2.24, 2.45) is 11.7 Å². The maximum atomic E-state index is 11.9. The molecule has 0 aliphatic carbocycles. The number of amides is 1. The molecular weight excluding hydrogens is 250 g/mol. The number of rotatable bonds is 8. The van der Waals surface area contributed by atoms with Crippen LogP contribution in [0.3, 0.4) is 0 Å². The van der Waals surface area contributed by atoms with E-state index < -0.39 is 0 Å². The summed E-state index contributed by atoms with van der Waals surface area (Å²) in [5.41, 5.74) is 7.44. The van der Waals surface area contributed by atoms with Crippen molar-refractivity contribution in [2.45, 2.75) is 33.7 Å². The molecule has 0 heterocycles. The van der Waals surface area contributed by atoms with Crippen molar-refractivity contribution >= 4 is 11.6 Å². The van der Waals surface area contributed by atoms with Crippen LogP contribution in [0.15, 0.2) is 24.3 Å². The summed E-state index contributed by atoms with van der Waals surface area (Å²) in [7, 11) is 0. The highest BCUT2D eigenvalue weighted by molar-refractivity contribution is 5.90. The quantitative estimate of drug-likeness (QED) is 0.767. The summed E-state index contributed by atoms with van der Waals surface area (Å²) >= 11 is 0. The van der Waals surface area contributed by atoms with Gasteiger partial charge >= 0.3 is 0 Å². The zero-order chi connectivity index (χ0) is 15.0. The zero-order valence-electron chi connectivity index (χ0n) is 12.9. The third kappa shape index (κ3) is 6.17. The monoisotopic (exact) mass is 277 g/mol. The van der Waals surface area contributed by atoms with Crippen LogP contribution in [0.4, 0.5) is 5.69 Å². The van der Waals surface area contributed by atoms with Crippen LogP contribution < -0.4 is 11.1 Å². The second-order valence-corrected chi connectivity index (χ2v) is 5.49. The maximum absolute atomic E-state index is 11.9. The smallest absolute Gasteiger partial charge is 0.225 e. The molecule has 0 unspecified atom stereocenters. The lowest BCUT2D eigenvalue weighted by Crippen LogP contribution is -2.31. The highest BCUT2D eigenvalue weighted by Gasteiger charge is 2.08. The van der Waals surface area contributed by atoms with E-state index >= 15 is 0 Å². The van der Waals surface area contributed by atoms with Crippen LogP contribution in [-0.4, -0.2) is 30.4 Å². The lowest BCUT2D eigenvalue weighted by molar-refractivity contribution is -0.116. The Morgan fingerprint density at radius 3 is 2.75 bits per heavy atom. The van der Waals surface area contributed by atoms with Gasteiger partial charge in [0.15, 0.2) is 0 Å². The van der Waals surface area contributed by atoms with Gasteiger partial charge in [-0.1, -0.05) is 32.9 Å². The predicted octanol–water partition coefficient (Wildman–Crippen LogP) is 2.45. The molecule has 3 N–H and O–H groups in total. The standard InChI is InChI=1S/C16H27N3O/c1-4-19(12-13(2)3)9-8-16(20)18-15-7-5-6-14(10-15)11-17/h5-7,10,13H,4,8-9,11-12,17H2,1-3H3,(H,18,20). The second kappa shape index (κ2) is 8.72. The fourth-order valence-corrected chi connectivity index (χ4v) is 2.15. The Labute approximate surface area is 122 Å². The first-order valence-corrected chi connectivity index (χ1v) is 7.36. The van der Waals surface area contributed by atoms with Gasteiger partial charge in [-0.2, -0.15) is 0 Å². The molecule has 1 rings (SSSR count). The highest BCUT2D eigenvalue weighted by atomic mass is 16.1. The number of hydrogen-bond acceptors (Lipinski definition) is 3. The average molecular weight is 277 g/mol. The molecule has 1 aromatic rings. The summed E-state index contributed by atoms with van der Waals surface area (Å²) in [6.45, 7) is 9.83. The number of nitrogens with one attached hydrogen (secondary N) is 1. The van der Waals surface area contributed by atoms with E-state index in [1.807, 2.05) is 24.3 Å². The van der Waals surface area contributed by atoms with E-state index in [0.717, 1.165) is 30.9 Å². The van der Waals surface area contributed by atoms with Gasteiger partial charge in [0.1, 0.15) is 0 Å². The Bertz CT molecular complexity index is 418. The lowest BCUT2D eigenvalue weighted by Gasteiger charge is -2.22. The molecule has 0 saturated carbocycles. The van der Waals surface area contributed by atoms with Gasteiger partial charge in [0, 0.05) is 31.7 Å². The average Bonchev–Trinajstić information content (AvgIpc) is 2.43. The zero-order valence-corrected chi connectivity index (χ0v) is 12.9. The van der Waals surface area contributed by atoms with Crippen molar-refractivity contribution in [2.75, 3.05) is 25.0 Å². The highest BCUT2D eigenvalue weighted by Crippen LogP contribution is 2.10. The molecule has 0 fully saturated rings. The van der Waals surface area contributed by atoms with E-state index in [4.69, 9.17) is 5.73 Å². The SMILES string of the molecule is CCN(CCC(=O)Nc1cccc(CN)c1)CC(C)C. The number of nitrogens with two attached hydrogens (primary N) is 1. The Kier molecular flexibility index (Phi) is 7.26. The van der Waals surface area contributed by atoms with E-state index in [1.54, 1.807) is 0 Å². The number of carbonyl (C=O) groups is 1. The Morgan fingerprint density at radius 2 is 2.15 bits per heavy atom. The van der Waals surface area contributed by atoms with Gasteiger partial charge in [0.05, 0.1) is 0 Å². The molecule has 0 bridgehead atoms. The molecule has 112 valence electrons. The molecule has 4 nitrogen and oxygen atoms in total. The summed E-state index contributed by atoms with van der Waals surface area (Å²) in [6, 6.07) is 7.68. The minimum absolute atomic E-state index is 0.0568. The van der Waals surface area contributed by atoms with Gasteiger partial charge in [-0.25, -0.2) is 0 Å². The van der Waals surface area contributed by atoms with Gasteiger partial charge in [0.2, 0.25) is 5.91 Å². The minimum atomic E-state index is 0.0568. The van der Waals surface area contributed by atoms with Crippen LogP contribution in [0.1, 0.15) is 32.8 Å². The van der Waals surface area contributed by atoms with Crippen LogP contribution in [0.25, 0.3) is 0 Å². The molecule has 0 aliphatic rings. The molecule has 0 spiro atoms. The largest absolute Gasteiger partial charge is 0.326 e. The van der Waals surface area contributed by atoms with Crippen molar-refractivity contribution in [3.05, 3.63) is 29.8 Å². The summed E-state index contributed by atoms with van der Waals surface area (Å²) in [5.74, 6) is 0.681. The van der Waals surface area contributed by atoms with Crippen molar-refractivity contribution in [3.8, 4) is 0 Å². The van der Waals surface area contributed by atoms with Crippen LogP contribution in [0.2, 0.25) is 0 Å². The van der Waals surface area contributed by atoms with E-state index in [9.17, 15) is 4.79 Å². The van der Waals surface area contributed by atoms with Crippen molar-refractivity contribution in [1.82, 2.24) is 4.90 Å². The molecule has 1 amide bonds. The number of anilines is 1. The Balaban J connectivity index is 2.42. The molecule has 0 aromatic heterocycles. The molecule has 0 saturated heterocycles. The van der Waals surface area contributed by atoms with Gasteiger partial charge in [-0.15, -0.1) is 0 Å². The first-order valence-electron chi connectivity index (χ1n) is 7.36. The van der Waals surface area contributed by atoms with Gasteiger partial charge in [0.25, 0.3) is 0 Å². The van der Waals surface area contributed by atoms with E-state index in [2.05, 4.69) is 31.0 Å². The molecule has 0 aliphatic heterocycles. The first kappa shape index (κ1) is 16.7. The van der Waals surface area contributed by atoms with Crippen molar-refractivity contribution in [1.29, 1.82) is 0 Å². The second-order valence-electron chi connectivity index (χ2n) is 5.49. The molecule has 4 heteroatoms. The minimum Gasteiger partial charge on any atom is -0.326 e. The number of nitrogens with zero attached hydrogens (tertiary/aromatic N) is 1. The summed E-state index contributed by atoms with van der Waals surface area (Å²) < 4.78 is 0. The lowest BCUT2D eigenvalue weighted by atomic mass is 10.2. The van der Waals surface area contributed by atoms with E-state index in [-0.39, 0.29) is 5.91 Å². The summed E-state index contributed by atoms with van der Waals surface area (Å²) in [6.07, 6.45) is 0.521. The number of hydrogen-bond donors (Lipinski definition) is 2. The van der Waals surface area contributed by atoms with Crippen LogP contribution in [0.5, 0.6) is 0 Å².